The molecule has 0 bridgehead atoms. The van der Waals surface area contributed by atoms with Gasteiger partial charge >= 0.3 is 0 Å². The van der Waals surface area contributed by atoms with E-state index in [4.69, 9.17) is 5.73 Å². The zero-order valence-corrected chi connectivity index (χ0v) is 10.5. The molecule has 0 fully saturated rings. The lowest BCUT2D eigenvalue weighted by atomic mass is 9.93. The van der Waals surface area contributed by atoms with Crippen molar-refractivity contribution in [1.82, 2.24) is 9.55 Å². The van der Waals surface area contributed by atoms with E-state index >= 15 is 0 Å². The Hall–Kier alpha value is -1.42. The number of para-hydroxylation sites is 1. The molecule has 4 heteroatoms. The summed E-state index contributed by atoms with van der Waals surface area (Å²) in [6, 6.07) is 4.98. The van der Waals surface area contributed by atoms with Gasteiger partial charge < -0.3 is 10.3 Å². The van der Waals surface area contributed by atoms with Crippen molar-refractivity contribution in [3.05, 3.63) is 29.8 Å². The molecule has 0 unspecified atom stereocenters. The van der Waals surface area contributed by atoms with Crippen LogP contribution in [0.3, 0.4) is 0 Å². The third kappa shape index (κ3) is 1.72. The van der Waals surface area contributed by atoms with Crippen LogP contribution in [-0.4, -0.2) is 9.55 Å². The van der Waals surface area contributed by atoms with Gasteiger partial charge in [-0.05, 0) is 25.0 Å². The lowest BCUT2D eigenvalue weighted by molar-refractivity contribution is 0.378. The SMILES string of the molecule is CCC(N)(CC)c1nc2c(F)cccc2n1C. The Morgan fingerprint density at radius 1 is 1.35 bits per heavy atom. The highest BCUT2D eigenvalue weighted by molar-refractivity contribution is 5.76. The number of halogens is 1. The van der Waals surface area contributed by atoms with Crippen LogP contribution in [0.1, 0.15) is 32.5 Å². The summed E-state index contributed by atoms with van der Waals surface area (Å²) in [4.78, 5) is 4.39. The lowest BCUT2D eigenvalue weighted by Crippen LogP contribution is -2.37. The van der Waals surface area contributed by atoms with Gasteiger partial charge in [-0.3, -0.25) is 0 Å². The first-order valence-electron chi connectivity index (χ1n) is 5.93. The number of benzene rings is 1. The monoisotopic (exact) mass is 235 g/mol. The van der Waals surface area contributed by atoms with E-state index in [1.54, 1.807) is 6.07 Å². The molecule has 0 aliphatic heterocycles. The number of nitrogens with two attached hydrogens (primary N) is 1. The summed E-state index contributed by atoms with van der Waals surface area (Å²) >= 11 is 0. The van der Waals surface area contributed by atoms with Crippen LogP contribution in [0.25, 0.3) is 11.0 Å². The minimum Gasteiger partial charge on any atom is -0.329 e. The Bertz CT molecular complexity index is 541. The van der Waals surface area contributed by atoms with Crippen molar-refractivity contribution >= 4 is 11.0 Å². The Morgan fingerprint density at radius 2 is 2.00 bits per heavy atom. The van der Waals surface area contributed by atoms with E-state index in [1.165, 1.54) is 6.07 Å². The topological polar surface area (TPSA) is 43.8 Å². The highest BCUT2D eigenvalue weighted by Gasteiger charge is 2.29. The fourth-order valence-corrected chi connectivity index (χ4v) is 2.19. The molecule has 0 aliphatic rings. The van der Waals surface area contributed by atoms with Gasteiger partial charge in [-0.25, -0.2) is 9.37 Å². The Morgan fingerprint density at radius 3 is 2.53 bits per heavy atom. The first-order valence-corrected chi connectivity index (χ1v) is 5.93. The lowest BCUT2D eigenvalue weighted by Gasteiger charge is -2.25. The molecule has 0 saturated carbocycles. The number of imidazole rings is 1. The van der Waals surface area contributed by atoms with Crippen LogP contribution < -0.4 is 5.73 Å². The Balaban J connectivity index is 2.72. The van der Waals surface area contributed by atoms with E-state index in [2.05, 4.69) is 4.98 Å². The highest BCUT2D eigenvalue weighted by atomic mass is 19.1. The van der Waals surface area contributed by atoms with Crippen molar-refractivity contribution in [2.45, 2.75) is 32.2 Å². The molecule has 0 spiro atoms. The van der Waals surface area contributed by atoms with Gasteiger partial charge in [0.25, 0.3) is 0 Å². The quantitative estimate of drug-likeness (QED) is 0.888. The van der Waals surface area contributed by atoms with Crippen LogP contribution in [0.15, 0.2) is 18.2 Å². The fourth-order valence-electron chi connectivity index (χ4n) is 2.19. The molecule has 92 valence electrons. The van der Waals surface area contributed by atoms with Gasteiger partial charge in [-0.15, -0.1) is 0 Å². The van der Waals surface area contributed by atoms with Crippen molar-refractivity contribution in [3.8, 4) is 0 Å². The van der Waals surface area contributed by atoms with Gasteiger partial charge in [0.1, 0.15) is 11.3 Å². The molecule has 2 aromatic rings. The Kier molecular flexibility index (Phi) is 2.91. The molecule has 2 rings (SSSR count). The van der Waals surface area contributed by atoms with Crippen LogP contribution in [0.2, 0.25) is 0 Å². The highest BCUT2D eigenvalue weighted by Crippen LogP contribution is 2.28. The van der Waals surface area contributed by atoms with Gasteiger partial charge in [0, 0.05) is 7.05 Å². The number of hydrogen-bond acceptors (Lipinski definition) is 2. The number of fused-ring (bicyclic) bond motifs is 1. The van der Waals surface area contributed by atoms with Gasteiger partial charge in [0.05, 0.1) is 11.1 Å². The molecular formula is C13H18FN3. The van der Waals surface area contributed by atoms with Crippen LogP contribution in [0.5, 0.6) is 0 Å². The normalized spacial score (nSPS) is 12.3. The van der Waals surface area contributed by atoms with E-state index in [1.807, 2.05) is 31.5 Å². The zero-order valence-electron chi connectivity index (χ0n) is 10.5. The fraction of sp³-hybridized carbons (Fsp3) is 0.462. The average molecular weight is 235 g/mol. The number of aryl methyl sites for hydroxylation is 1. The van der Waals surface area contributed by atoms with Crippen molar-refractivity contribution in [3.63, 3.8) is 0 Å². The van der Waals surface area contributed by atoms with Gasteiger partial charge in [-0.1, -0.05) is 19.9 Å². The second-order valence-electron chi connectivity index (χ2n) is 4.47. The maximum atomic E-state index is 13.7. The summed E-state index contributed by atoms with van der Waals surface area (Å²) in [5.41, 5.74) is 7.03. The first kappa shape index (κ1) is 12.0. The molecule has 0 atom stereocenters. The van der Waals surface area contributed by atoms with Gasteiger partial charge in [0.2, 0.25) is 0 Å². The summed E-state index contributed by atoms with van der Waals surface area (Å²) in [5, 5.41) is 0. The second kappa shape index (κ2) is 4.11. The predicted molar refractivity (Wildman–Crippen MR) is 67.1 cm³/mol. The van der Waals surface area contributed by atoms with Crippen molar-refractivity contribution < 1.29 is 4.39 Å². The Labute approximate surface area is 100 Å². The van der Waals surface area contributed by atoms with E-state index < -0.39 is 5.54 Å². The first-order chi connectivity index (χ1) is 8.03. The summed E-state index contributed by atoms with van der Waals surface area (Å²) < 4.78 is 15.6. The average Bonchev–Trinajstić information content (AvgIpc) is 2.68. The molecule has 0 radical (unpaired) electrons. The van der Waals surface area contributed by atoms with Crippen molar-refractivity contribution in [2.75, 3.05) is 0 Å². The second-order valence-corrected chi connectivity index (χ2v) is 4.47. The largest absolute Gasteiger partial charge is 0.329 e. The van der Waals surface area contributed by atoms with Gasteiger partial charge in [-0.2, -0.15) is 0 Å². The summed E-state index contributed by atoms with van der Waals surface area (Å²) in [7, 11) is 1.89. The number of aromatic nitrogens is 2. The summed E-state index contributed by atoms with van der Waals surface area (Å²) in [5.74, 6) is 0.460. The summed E-state index contributed by atoms with van der Waals surface area (Å²) in [6.07, 6.45) is 1.56. The maximum Gasteiger partial charge on any atom is 0.151 e. The third-order valence-electron chi connectivity index (χ3n) is 3.57. The number of hydrogen-bond donors (Lipinski definition) is 1. The zero-order chi connectivity index (χ0) is 12.6. The standard InChI is InChI=1S/C13H18FN3/c1-4-13(15,5-2)12-16-11-9(14)7-6-8-10(11)17(12)3/h6-8H,4-5,15H2,1-3H3. The molecule has 17 heavy (non-hydrogen) atoms. The molecule has 2 N–H and O–H groups in total. The maximum absolute atomic E-state index is 13.7. The molecule has 1 aromatic carbocycles. The minimum absolute atomic E-state index is 0.293. The van der Waals surface area contributed by atoms with Crippen molar-refractivity contribution in [2.24, 2.45) is 12.8 Å². The number of nitrogens with zero attached hydrogens (tertiary/aromatic N) is 2. The van der Waals surface area contributed by atoms with Crippen LogP contribution in [-0.2, 0) is 12.6 Å². The molecule has 1 heterocycles. The van der Waals surface area contributed by atoms with E-state index in [9.17, 15) is 4.39 Å². The van der Waals surface area contributed by atoms with Gasteiger partial charge in [0.15, 0.2) is 5.82 Å². The molecule has 1 aromatic heterocycles. The van der Waals surface area contributed by atoms with E-state index in [0.29, 0.717) is 5.52 Å². The molecular weight excluding hydrogens is 217 g/mol. The van der Waals surface area contributed by atoms with E-state index in [0.717, 1.165) is 24.2 Å². The van der Waals surface area contributed by atoms with E-state index in [-0.39, 0.29) is 5.82 Å². The third-order valence-corrected chi connectivity index (χ3v) is 3.57. The minimum atomic E-state index is -0.486. The summed E-state index contributed by atoms with van der Waals surface area (Å²) in [6.45, 7) is 4.05. The number of rotatable bonds is 3. The predicted octanol–water partition coefficient (Wildman–Crippen LogP) is 2.69. The van der Waals surface area contributed by atoms with Crippen LogP contribution in [0, 0.1) is 5.82 Å². The molecule has 0 aliphatic carbocycles. The van der Waals surface area contributed by atoms with Crippen LogP contribution in [0.4, 0.5) is 4.39 Å². The molecule has 0 saturated heterocycles. The molecule has 3 nitrogen and oxygen atoms in total. The van der Waals surface area contributed by atoms with Crippen LogP contribution >= 0.6 is 0 Å². The molecule has 0 amide bonds. The van der Waals surface area contributed by atoms with Crippen molar-refractivity contribution in [1.29, 1.82) is 0 Å². The smallest absolute Gasteiger partial charge is 0.151 e.